The van der Waals surface area contributed by atoms with Crippen molar-refractivity contribution in [2.75, 3.05) is 0 Å². The summed E-state index contributed by atoms with van der Waals surface area (Å²) in [5.74, 6) is 1.19. The summed E-state index contributed by atoms with van der Waals surface area (Å²) in [6.07, 6.45) is 5.27. The molecule has 1 heterocycles. The molecule has 206 valence electrons. The van der Waals surface area contributed by atoms with Crippen LogP contribution in [-0.2, 0) is 17.9 Å². The zero-order chi connectivity index (χ0) is 28.3. The first-order valence-corrected chi connectivity index (χ1v) is 14.2. The Kier molecular flexibility index (Phi) is 10.3. The molecule has 3 aromatic carbocycles. The average Bonchev–Trinajstić information content (AvgIpc) is 3.36. The molecule has 1 aromatic heterocycles. The van der Waals surface area contributed by atoms with Gasteiger partial charge in [0.25, 0.3) is 0 Å². The van der Waals surface area contributed by atoms with Gasteiger partial charge in [0.15, 0.2) is 0 Å². The molecule has 0 aliphatic heterocycles. The Labute approximate surface area is 237 Å². The first-order chi connectivity index (χ1) is 19.5. The van der Waals surface area contributed by atoms with E-state index in [1.165, 1.54) is 12.6 Å². The summed E-state index contributed by atoms with van der Waals surface area (Å²) < 4.78 is 7.61. The lowest BCUT2D eigenvalue weighted by Gasteiger charge is -2.23. The van der Waals surface area contributed by atoms with E-state index >= 15 is 0 Å². The van der Waals surface area contributed by atoms with Crippen molar-refractivity contribution in [1.29, 1.82) is 5.26 Å². The molecule has 0 spiro atoms. The van der Waals surface area contributed by atoms with Crippen molar-refractivity contribution in [2.24, 2.45) is 0 Å². The molecule has 0 saturated heterocycles. The minimum absolute atomic E-state index is 0.0700. The number of nitrogens with zero attached hydrogens (tertiary/aromatic N) is 3. The first kappa shape index (κ1) is 28.8. The minimum Gasteiger partial charge on any atom is -0.427 e. The van der Waals surface area contributed by atoms with Crippen molar-refractivity contribution in [2.45, 2.75) is 72.0 Å². The van der Waals surface area contributed by atoms with Crippen LogP contribution in [0, 0.1) is 11.3 Å². The molecule has 0 fully saturated rings. The summed E-state index contributed by atoms with van der Waals surface area (Å²) in [7, 11) is 0. The third-order valence-electron chi connectivity index (χ3n) is 6.98. The number of nitrogens with one attached hydrogen (secondary N) is 1. The van der Waals surface area contributed by atoms with E-state index in [0.717, 1.165) is 66.9 Å². The summed E-state index contributed by atoms with van der Waals surface area (Å²) in [6.45, 7) is 7.38. The third-order valence-corrected chi connectivity index (χ3v) is 6.98. The molecule has 0 bridgehead atoms. The molecule has 0 amide bonds. The van der Waals surface area contributed by atoms with E-state index in [1.54, 1.807) is 0 Å². The van der Waals surface area contributed by atoms with Crippen LogP contribution in [0.2, 0.25) is 0 Å². The van der Waals surface area contributed by atoms with Gasteiger partial charge >= 0.3 is 5.97 Å². The summed E-state index contributed by atoms with van der Waals surface area (Å²) in [4.78, 5) is 16.6. The number of ether oxygens (including phenoxy) is 1. The minimum atomic E-state index is -0.324. The van der Waals surface area contributed by atoms with Crippen molar-refractivity contribution in [1.82, 2.24) is 14.9 Å². The van der Waals surface area contributed by atoms with Crippen molar-refractivity contribution in [3.05, 3.63) is 95.7 Å². The van der Waals surface area contributed by atoms with Gasteiger partial charge in [-0.2, -0.15) is 5.26 Å². The average molecular weight is 535 g/mol. The molecule has 40 heavy (non-hydrogen) atoms. The number of carbonyl (C=O) groups is 1. The quantitative estimate of drug-likeness (QED) is 0.140. The van der Waals surface area contributed by atoms with E-state index in [2.05, 4.69) is 54.1 Å². The van der Waals surface area contributed by atoms with Gasteiger partial charge in [-0.15, -0.1) is 0 Å². The number of carbonyl (C=O) groups excluding carboxylic acids is 1. The number of imidazole rings is 1. The lowest BCUT2D eigenvalue weighted by molar-refractivity contribution is -0.131. The van der Waals surface area contributed by atoms with E-state index in [1.807, 2.05) is 54.6 Å². The highest BCUT2D eigenvalue weighted by molar-refractivity contribution is 5.70. The highest BCUT2D eigenvalue weighted by atomic mass is 16.5. The molecule has 6 nitrogen and oxygen atoms in total. The molecule has 0 aliphatic rings. The van der Waals surface area contributed by atoms with E-state index in [0.29, 0.717) is 17.9 Å². The molecule has 1 unspecified atom stereocenters. The number of esters is 1. The lowest BCUT2D eigenvalue weighted by Crippen LogP contribution is -2.24. The van der Waals surface area contributed by atoms with Gasteiger partial charge in [-0.3, -0.25) is 4.79 Å². The summed E-state index contributed by atoms with van der Waals surface area (Å²) in [6, 6.07) is 28.1. The van der Waals surface area contributed by atoms with E-state index in [-0.39, 0.29) is 12.0 Å². The van der Waals surface area contributed by atoms with Crippen LogP contribution < -0.4 is 10.1 Å². The van der Waals surface area contributed by atoms with Gasteiger partial charge in [0.05, 0.1) is 23.0 Å². The standard InChI is InChI=1S/C34H38N4O2/c1-4-6-13-31(36-24-27-16-20-30(21-17-27)40-25(3)39)33-32(28-18-14-26(23-35)15-19-28)37-34(38(33)22-7-5-2)29-11-9-8-10-12-29/h8-12,14-21,31,36H,4-7,13,22,24H2,1-3H3. The maximum atomic E-state index is 11.3. The highest BCUT2D eigenvalue weighted by Crippen LogP contribution is 2.36. The van der Waals surface area contributed by atoms with E-state index < -0.39 is 0 Å². The van der Waals surface area contributed by atoms with Crippen molar-refractivity contribution < 1.29 is 9.53 Å². The van der Waals surface area contributed by atoms with Gasteiger partial charge in [-0.05, 0) is 42.7 Å². The van der Waals surface area contributed by atoms with Gasteiger partial charge in [0.1, 0.15) is 11.6 Å². The SMILES string of the molecule is CCCCC(NCc1ccc(OC(C)=O)cc1)c1c(-c2ccc(C#N)cc2)nc(-c2ccccc2)n1CCCC. The molecule has 0 saturated carbocycles. The predicted octanol–water partition coefficient (Wildman–Crippen LogP) is 7.84. The second kappa shape index (κ2) is 14.3. The Morgan fingerprint density at radius 3 is 2.27 bits per heavy atom. The molecule has 1 N–H and O–H groups in total. The van der Waals surface area contributed by atoms with E-state index in [4.69, 9.17) is 9.72 Å². The lowest BCUT2D eigenvalue weighted by atomic mass is 9.99. The van der Waals surface area contributed by atoms with Crippen LogP contribution in [0.25, 0.3) is 22.6 Å². The Morgan fingerprint density at radius 2 is 1.65 bits per heavy atom. The van der Waals surface area contributed by atoms with Gasteiger partial charge in [0.2, 0.25) is 0 Å². The van der Waals surface area contributed by atoms with Crippen molar-refractivity contribution >= 4 is 5.97 Å². The van der Waals surface area contributed by atoms with Crippen LogP contribution in [0.1, 0.15) is 75.7 Å². The summed E-state index contributed by atoms with van der Waals surface area (Å²) >= 11 is 0. The fraction of sp³-hybridized carbons (Fsp3) is 0.324. The molecular weight excluding hydrogens is 496 g/mol. The smallest absolute Gasteiger partial charge is 0.308 e. The number of nitriles is 1. The molecule has 1 atom stereocenters. The van der Waals surface area contributed by atoms with Gasteiger partial charge in [0, 0.05) is 37.2 Å². The third kappa shape index (κ3) is 7.25. The Hall–Kier alpha value is -4.21. The molecule has 6 heteroatoms. The largest absolute Gasteiger partial charge is 0.427 e. The Morgan fingerprint density at radius 1 is 0.950 bits per heavy atom. The predicted molar refractivity (Wildman–Crippen MR) is 160 cm³/mol. The van der Waals surface area contributed by atoms with Gasteiger partial charge in [-0.25, -0.2) is 4.98 Å². The number of rotatable bonds is 13. The van der Waals surface area contributed by atoms with Crippen LogP contribution >= 0.6 is 0 Å². The van der Waals surface area contributed by atoms with Crippen LogP contribution in [0.3, 0.4) is 0 Å². The fourth-order valence-electron chi connectivity index (χ4n) is 4.91. The topological polar surface area (TPSA) is 79.9 Å². The number of benzene rings is 3. The Bertz CT molecular complexity index is 1420. The second-order valence-electron chi connectivity index (χ2n) is 10.0. The summed E-state index contributed by atoms with van der Waals surface area (Å²) in [5.41, 5.74) is 5.99. The number of hydrogen-bond donors (Lipinski definition) is 1. The number of hydrogen-bond acceptors (Lipinski definition) is 5. The first-order valence-electron chi connectivity index (χ1n) is 14.2. The van der Waals surface area contributed by atoms with Crippen LogP contribution in [-0.4, -0.2) is 15.5 Å². The number of unbranched alkanes of at least 4 members (excludes halogenated alkanes) is 2. The van der Waals surface area contributed by atoms with Crippen LogP contribution in [0.15, 0.2) is 78.9 Å². The van der Waals surface area contributed by atoms with Crippen molar-refractivity contribution in [3.63, 3.8) is 0 Å². The molecule has 0 radical (unpaired) electrons. The zero-order valence-corrected chi connectivity index (χ0v) is 23.7. The fourth-order valence-corrected chi connectivity index (χ4v) is 4.91. The van der Waals surface area contributed by atoms with E-state index in [9.17, 15) is 10.1 Å². The monoisotopic (exact) mass is 534 g/mol. The van der Waals surface area contributed by atoms with Crippen LogP contribution in [0.4, 0.5) is 0 Å². The van der Waals surface area contributed by atoms with Gasteiger partial charge < -0.3 is 14.6 Å². The molecule has 0 aliphatic carbocycles. The maximum absolute atomic E-state index is 11.3. The zero-order valence-electron chi connectivity index (χ0n) is 23.7. The summed E-state index contributed by atoms with van der Waals surface area (Å²) in [5, 5.41) is 13.2. The number of aromatic nitrogens is 2. The normalized spacial score (nSPS) is 11.7. The molecule has 4 aromatic rings. The van der Waals surface area contributed by atoms with Crippen LogP contribution in [0.5, 0.6) is 5.75 Å². The molecular formula is C34H38N4O2. The highest BCUT2D eigenvalue weighted by Gasteiger charge is 2.26. The van der Waals surface area contributed by atoms with Gasteiger partial charge in [-0.1, -0.05) is 87.7 Å². The second-order valence-corrected chi connectivity index (χ2v) is 10.0. The Balaban J connectivity index is 1.78. The maximum Gasteiger partial charge on any atom is 0.308 e. The van der Waals surface area contributed by atoms with Crippen molar-refractivity contribution in [3.8, 4) is 34.5 Å². The molecule has 4 rings (SSSR count).